The fourth-order valence-electron chi connectivity index (χ4n) is 2.10. The molecule has 5 nitrogen and oxygen atoms in total. The minimum absolute atomic E-state index is 0.146. The third kappa shape index (κ3) is 4.72. The summed E-state index contributed by atoms with van der Waals surface area (Å²) in [6.07, 6.45) is 0.146. The SMILES string of the molecule is COc1ccc(NC(C)=O)cc1NC(=O)Cc1ccccc1Cl. The minimum atomic E-state index is -0.226. The van der Waals surface area contributed by atoms with Crippen LogP contribution in [0.2, 0.25) is 5.02 Å². The highest BCUT2D eigenvalue weighted by atomic mass is 35.5. The number of rotatable bonds is 5. The van der Waals surface area contributed by atoms with Gasteiger partial charge in [0.25, 0.3) is 0 Å². The van der Waals surface area contributed by atoms with Crippen molar-refractivity contribution in [1.82, 2.24) is 0 Å². The van der Waals surface area contributed by atoms with Gasteiger partial charge >= 0.3 is 0 Å². The Kier molecular flexibility index (Phi) is 5.60. The van der Waals surface area contributed by atoms with Crippen molar-refractivity contribution >= 4 is 34.8 Å². The first kappa shape index (κ1) is 16.8. The molecule has 0 spiro atoms. The first-order chi connectivity index (χ1) is 11.0. The Morgan fingerprint density at radius 2 is 1.87 bits per heavy atom. The van der Waals surface area contributed by atoms with E-state index in [1.165, 1.54) is 14.0 Å². The van der Waals surface area contributed by atoms with Crippen molar-refractivity contribution in [3.8, 4) is 5.75 Å². The van der Waals surface area contributed by atoms with Gasteiger partial charge in [-0.05, 0) is 29.8 Å². The van der Waals surface area contributed by atoms with Crippen LogP contribution in [0.3, 0.4) is 0 Å². The lowest BCUT2D eigenvalue weighted by molar-refractivity contribution is -0.116. The molecule has 0 fully saturated rings. The maximum Gasteiger partial charge on any atom is 0.228 e. The summed E-state index contributed by atoms with van der Waals surface area (Å²) in [6.45, 7) is 1.42. The van der Waals surface area contributed by atoms with Crippen LogP contribution in [0.4, 0.5) is 11.4 Å². The summed E-state index contributed by atoms with van der Waals surface area (Å²) >= 11 is 6.06. The summed E-state index contributed by atoms with van der Waals surface area (Å²) in [7, 11) is 1.51. The van der Waals surface area contributed by atoms with Crippen LogP contribution in [-0.2, 0) is 16.0 Å². The predicted octanol–water partition coefficient (Wildman–Crippen LogP) is 3.49. The van der Waals surface area contributed by atoms with Gasteiger partial charge in [0.05, 0.1) is 19.2 Å². The monoisotopic (exact) mass is 332 g/mol. The molecule has 120 valence electrons. The van der Waals surface area contributed by atoms with Gasteiger partial charge in [0, 0.05) is 17.6 Å². The average Bonchev–Trinajstić information content (AvgIpc) is 2.49. The van der Waals surface area contributed by atoms with Crippen LogP contribution in [0, 0.1) is 0 Å². The Bertz CT molecular complexity index is 732. The average molecular weight is 333 g/mol. The van der Waals surface area contributed by atoms with E-state index in [0.29, 0.717) is 22.1 Å². The lowest BCUT2D eigenvalue weighted by Gasteiger charge is -2.12. The van der Waals surface area contributed by atoms with Crippen LogP contribution in [-0.4, -0.2) is 18.9 Å². The summed E-state index contributed by atoms with van der Waals surface area (Å²) in [6, 6.07) is 12.2. The Morgan fingerprint density at radius 1 is 1.13 bits per heavy atom. The second kappa shape index (κ2) is 7.65. The molecule has 0 radical (unpaired) electrons. The number of methoxy groups -OCH3 is 1. The quantitative estimate of drug-likeness (QED) is 0.880. The van der Waals surface area contributed by atoms with Gasteiger partial charge in [-0.2, -0.15) is 0 Å². The van der Waals surface area contributed by atoms with Gasteiger partial charge in [-0.1, -0.05) is 29.8 Å². The maximum atomic E-state index is 12.2. The molecule has 0 heterocycles. The molecule has 0 unspecified atom stereocenters. The van der Waals surface area contributed by atoms with Crippen molar-refractivity contribution in [3.63, 3.8) is 0 Å². The smallest absolute Gasteiger partial charge is 0.228 e. The molecule has 6 heteroatoms. The molecule has 0 atom stereocenters. The number of halogens is 1. The van der Waals surface area contributed by atoms with Gasteiger partial charge < -0.3 is 15.4 Å². The number of hydrogen-bond acceptors (Lipinski definition) is 3. The van der Waals surface area contributed by atoms with Crippen LogP contribution >= 0.6 is 11.6 Å². The van der Waals surface area contributed by atoms with E-state index in [2.05, 4.69) is 10.6 Å². The lowest BCUT2D eigenvalue weighted by Crippen LogP contribution is -2.15. The summed E-state index contributed by atoms with van der Waals surface area (Å²) in [5, 5.41) is 5.98. The standard InChI is InChI=1S/C17H17ClN2O3/c1-11(21)19-13-7-8-16(23-2)15(10-13)20-17(22)9-12-5-3-4-6-14(12)18/h3-8,10H,9H2,1-2H3,(H,19,21)(H,20,22). The van der Waals surface area contributed by atoms with Crippen molar-refractivity contribution in [2.45, 2.75) is 13.3 Å². The highest BCUT2D eigenvalue weighted by Crippen LogP contribution is 2.28. The van der Waals surface area contributed by atoms with Crippen LogP contribution in [0.1, 0.15) is 12.5 Å². The molecule has 0 saturated carbocycles. The molecule has 0 aliphatic carbocycles. The molecule has 2 aromatic carbocycles. The Morgan fingerprint density at radius 3 is 2.52 bits per heavy atom. The highest BCUT2D eigenvalue weighted by molar-refractivity contribution is 6.31. The zero-order chi connectivity index (χ0) is 16.8. The van der Waals surface area contributed by atoms with E-state index in [1.54, 1.807) is 30.3 Å². The zero-order valence-electron chi connectivity index (χ0n) is 12.9. The summed E-state index contributed by atoms with van der Waals surface area (Å²) in [5.74, 6) is 0.0893. The largest absolute Gasteiger partial charge is 0.495 e. The second-order valence-electron chi connectivity index (χ2n) is 4.91. The number of carbonyl (C=O) groups excluding carboxylic acids is 2. The Hall–Kier alpha value is -2.53. The number of hydrogen-bond donors (Lipinski definition) is 2. The second-order valence-corrected chi connectivity index (χ2v) is 5.32. The fraction of sp³-hybridized carbons (Fsp3) is 0.176. The molecular formula is C17H17ClN2O3. The number of benzene rings is 2. The number of ether oxygens (including phenoxy) is 1. The normalized spacial score (nSPS) is 10.0. The molecule has 2 amide bonds. The molecule has 0 aliphatic heterocycles. The number of nitrogens with one attached hydrogen (secondary N) is 2. The maximum absolute atomic E-state index is 12.2. The molecule has 2 rings (SSSR count). The Balaban J connectivity index is 2.15. The van der Waals surface area contributed by atoms with Crippen molar-refractivity contribution in [3.05, 3.63) is 53.1 Å². The van der Waals surface area contributed by atoms with E-state index in [4.69, 9.17) is 16.3 Å². The molecular weight excluding hydrogens is 316 g/mol. The van der Waals surface area contributed by atoms with Crippen LogP contribution < -0.4 is 15.4 Å². The van der Waals surface area contributed by atoms with E-state index in [1.807, 2.05) is 12.1 Å². The first-order valence-corrected chi connectivity index (χ1v) is 7.36. The van der Waals surface area contributed by atoms with Gasteiger partial charge in [0.15, 0.2) is 0 Å². The van der Waals surface area contributed by atoms with Gasteiger partial charge in [-0.25, -0.2) is 0 Å². The molecule has 2 N–H and O–H groups in total. The first-order valence-electron chi connectivity index (χ1n) is 6.98. The summed E-state index contributed by atoms with van der Waals surface area (Å²) in [4.78, 5) is 23.4. The zero-order valence-corrected chi connectivity index (χ0v) is 13.6. The van der Waals surface area contributed by atoms with Crippen LogP contribution in [0.25, 0.3) is 0 Å². The molecule has 0 aromatic heterocycles. The van der Waals surface area contributed by atoms with E-state index < -0.39 is 0 Å². The van der Waals surface area contributed by atoms with E-state index >= 15 is 0 Å². The van der Waals surface area contributed by atoms with Crippen molar-refractivity contribution in [1.29, 1.82) is 0 Å². The van der Waals surface area contributed by atoms with E-state index in [0.717, 1.165) is 5.56 Å². The molecule has 0 aliphatic rings. The summed E-state index contributed by atoms with van der Waals surface area (Å²) < 4.78 is 5.23. The van der Waals surface area contributed by atoms with Crippen molar-refractivity contribution < 1.29 is 14.3 Å². The van der Waals surface area contributed by atoms with E-state index in [9.17, 15) is 9.59 Å². The van der Waals surface area contributed by atoms with E-state index in [-0.39, 0.29) is 18.2 Å². The minimum Gasteiger partial charge on any atom is -0.495 e. The molecule has 0 saturated heterocycles. The highest BCUT2D eigenvalue weighted by Gasteiger charge is 2.11. The Labute approximate surface area is 139 Å². The molecule has 0 bridgehead atoms. The molecule has 23 heavy (non-hydrogen) atoms. The third-order valence-corrected chi connectivity index (χ3v) is 3.47. The molecule has 2 aromatic rings. The van der Waals surface area contributed by atoms with Gasteiger partial charge in [-0.3, -0.25) is 9.59 Å². The van der Waals surface area contributed by atoms with Crippen molar-refractivity contribution in [2.24, 2.45) is 0 Å². The topological polar surface area (TPSA) is 67.4 Å². The van der Waals surface area contributed by atoms with Crippen LogP contribution in [0.5, 0.6) is 5.75 Å². The van der Waals surface area contributed by atoms with Crippen molar-refractivity contribution in [2.75, 3.05) is 17.7 Å². The predicted molar refractivity (Wildman–Crippen MR) is 91.1 cm³/mol. The number of amides is 2. The summed E-state index contributed by atoms with van der Waals surface area (Å²) in [5.41, 5.74) is 1.80. The van der Waals surface area contributed by atoms with Gasteiger partial charge in [-0.15, -0.1) is 0 Å². The van der Waals surface area contributed by atoms with Gasteiger partial charge in [0.2, 0.25) is 11.8 Å². The lowest BCUT2D eigenvalue weighted by atomic mass is 10.1. The number of anilines is 2. The van der Waals surface area contributed by atoms with Gasteiger partial charge in [0.1, 0.15) is 5.75 Å². The third-order valence-electron chi connectivity index (χ3n) is 3.10. The fourth-order valence-corrected chi connectivity index (χ4v) is 2.30. The van der Waals surface area contributed by atoms with Crippen LogP contribution in [0.15, 0.2) is 42.5 Å². The number of carbonyl (C=O) groups is 2.